The predicted octanol–water partition coefficient (Wildman–Crippen LogP) is 4.10. The number of nitrogens with zero attached hydrogens (tertiary/aromatic N) is 3. The van der Waals surface area contributed by atoms with Gasteiger partial charge in [0.15, 0.2) is 11.0 Å². The lowest BCUT2D eigenvalue weighted by atomic mass is 9.87. The van der Waals surface area contributed by atoms with Crippen LogP contribution in [0.4, 0.5) is 0 Å². The Morgan fingerprint density at radius 3 is 2.96 bits per heavy atom. The van der Waals surface area contributed by atoms with Crippen molar-refractivity contribution in [1.29, 1.82) is 0 Å². The molecule has 1 aliphatic rings. The first kappa shape index (κ1) is 18.5. The molecule has 136 valence electrons. The van der Waals surface area contributed by atoms with E-state index >= 15 is 0 Å². The molecule has 7 heteroatoms. The smallest absolute Gasteiger partial charge is 0.319 e. The number of methoxy groups -OCH3 is 1. The summed E-state index contributed by atoms with van der Waals surface area (Å²) in [5.74, 6) is 1.48. The van der Waals surface area contributed by atoms with Gasteiger partial charge in [0.25, 0.3) is 0 Å². The third-order valence-corrected chi connectivity index (χ3v) is 7.51. The molecule has 2 atom stereocenters. The van der Waals surface area contributed by atoms with E-state index in [0.29, 0.717) is 6.42 Å². The maximum atomic E-state index is 11.8. The van der Waals surface area contributed by atoms with E-state index in [1.54, 1.807) is 0 Å². The van der Waals surface area contributed by atoms with Crippen LogP contribution in [-0.4, -0.2) is 33.1 Å². The minimum atomic E-state index is -0.248. The number of aryl methyl sites for hydroxylation is 1. The van der Waals surface area contributed by atoms with Crippen LogP contribution < -0.4 is 0 Å². The molecule has 5 nitrogen and oxygen atoms in total. The van der Waals surface area contributed by atoms with E-state index < -0.39 is 0 Å². The highest BCUT2D eigenvalue weighted by atomic mass is 32.2. The van der Waals surface area contributed by atoms with Crippen molar-refractivity contribution >= 4 is 29.1 Å². The Bertz CT molecular complexity index is 754. The zero-order chi connectivity index (χ0) is 18.0. The fourth-order valence-corrected chi connectivity index (χ4v) is 5.42. The lowest BCUT2D eigenvalue weighted by Crippen LogP contribution is -2.18. The summed E-state index contributed by atoms with van der Waals surface area (Å²) in [6.45, 7) is 4.25. The molecule has 0 saturated heterocycles. The van der Waals surface area contributed by atoms with Crippen molar-refractivity contribution in [2.45, 2.75) is 56.4 Å². The van der Waals surface area contributed by atoms with Gasteiger partial charge in [-0.15, -0.1) is 21.5 Å². The Balaban J connectivity index is 1.82. The van der Waals surface area contributed by atoms with E-state index in [1.165, 1.54) is 59.9 Å². The van der Waals surface area contributed by atoms with Gasteiger partial charge in [0.2, 0.25) is 0 Å². The molecule has 25 heavy (non-hydrogen) atoms. The summed E-state index contributed by atoms with van der Waals surface area (Å²) < 4.78 is 6.86. The van der Waals surface area contributed by atoms with Gasteiger partial charge >= 0.3 is 5.97 Å². The Kier molecular flexibility index (Phi) is 5.84. The lowest BCUT2D eigenvalue weighted by molar-refractivity contribution is -0.140. The van der Waals surface area contributed by atoms with E-state index in [1.807, 2.05) is 29.9 Å². The minimum Gasteiger partial charge on any atom is -0.468 e. The number of thioether (sulfide) groups is 1. The van der Waals surface area contributed by atoms with Crippen LogP contribution in [0.3, 0.4) is 0 Å². The summed E-state index contributed by atoms with van der Waals surface area (Å²) >= 11 is 3.26. The summed E-state index contributed by atoms with van der Waals surface area (Å²) in [7, 11) is 3.39. The maximum absolute atomic E-state index is 11.8. The quantitative estimate of drug-likeness (QED) is 0.559. The first-order chi connectivity index (χ1) is 12.1. The molecule has 0 aliphatic heterocycles. The van der Waals surface area contributed by atoms with Crippen LogP contribution in [0.25, 0.3) is 10.7 Å². The third-order valence-electron chi connectivity index (χ3n) is 4.90. The second kappa shape index (κ2) is 7.91. The number of ether oxygens (including phenoxy) is 1. The minimum absolute atomic E-state index is 0.214. The highest BCUT2D eigenvalue weighted by Gasteiger charge is 2.25. The number of carbonyl (C=O) groups excluding carboxylic acids is 1. The van der Waals surface area contributed by atoms with Gasteiger partial charge in [0, 0.05) is 11.9 Å². The molecule has 2 aromatic heterocycles. The summed E-state index contributed by atoms with van der Waals surface area (Å²) in [5.41, 5.74) is 1.48. The van der Waals surface area contributed by atoms with Gasteiger partial charge in [0.1, 0.15) is 5.25 Å². The molecule has 0 fully saturated rings. The molecule has 1 aliphatic carbocycles. The second-order valence-electron chi connectivity index (χ2n) is 6.48. The lowest BCUT2D eigenvalue weighted by Gasteiger charge is -2.19. The summed E-state index contributed by atoms with van der Waals surface area (Å²) in [6, 6.07) is 2.29. The van der Waals surface area contributed by atoms with Gasteiger partial charge in [-0.2, -0.15) is 0 Å². The number of rotatable bonds is 6. The zero-order valence-electron chi connectivity index (χ0n) is 15.2. The van der Waals surface area contributed by atoms with Gasteiger partial charge in [-0.1, -0.05) is 32.0 Å². The average Bonchev–Trinajstić information content (AvgIpc) is 3.21. The highest BCUT2D eigenvalue weighted by molar-refractivity contribution is 8.00. The molecule has 0 radical (unpaired) electrons. The molecule has 2 unspecified atom stereocenters. The molecule has 0 aromatic carbocycles. The standard InChI is InChI=1S/C18H25N3O2S2/c1-5-11-7-8-14-12(9-11)10-15(24-14)16-19-20-18(21(16)3)25-13(6-2)17(22)23-4/h10-11,13H,5-9H2,1-4H3. The van der Waals surface area contributed by atoms with Crippen molar-refractivity contribution in [1.82, 2.24) is 14.8 Å². The van der Waals surface area contributed by atoms with Crippen LogP contribution in [0.15, 0.2) is 11.2 Å². The molecule has 0 saturated carbocycles. The van der Waals surface area contributed by atoms with Crippen molar-refractivity contribution in [2.24, 2.45) is 13.0 Å². The first-order valence-corrected chi connectivity index (χ1v) is 10.5. The van der Waals surface area contributed by atoms with E-state index in [-0.39, 0.29) is 11.2 Å². The number of esters is 1. The first-order valence-electron chi connectivity index (χ1n) is 8.83. The Morgan fingerprint density at radius 1 is 1.48 bits per heavy atom. The van der Waals surface area contributed by atoms with Crippen molar-refractivity contribution in [3.8, 4) is 10.7 Å². The van der Waals surface area contributed by atoms with Crippen LogP contribution in [0.2, 0.25) is 0 Å². The number of hydrogen-bond donors (Lipinski definition) is 0. The molecule has 2 aromatic rings. The van der Waals surface area contributed by atoms with Crippen LogP contribution in [-0.2, 0) is 29.4 Å². The number of fused-ring (bicyclic) bond motifs is 1. The molecule has 0 amide bonds. The van der Waals surface area contributed by atoms with Crippen molar-refractivity contribution < 1.29 is 9.53 Å². The van der Waals surface area contributed by atoms with Gasteiger partial charge in [-0.05, 0) is 43.2 Å². The monoisotopic (exact) mass is 379 g/mol. The van der Waals surface area contributed by atoms with E-state index in [9.17, 15) is 4.79 Å². The topological polar surface area (TPSA) is 57.0 Å². The van der Waals surface area contributed by atoms with E-state index in [4.69, 9.17) is 4.74 Å². The van der Waals surface area contributed by atoms with Gasteiger partial charge in [-0.25, -0.2) is 0 Å². The zero-order valence-corrected chi connectivity index (χ0v) is 16.9. The number of carbonyl (C=O) groups is 1. The maximum Gasteiger partial charge on any atom is 0.319 e. The summed E-state index contributed by atoms with van der Waals surface area (Å²) in [6.07, 6.45) is 5.60. The summed E-state index contributed by atoms with van der Waals surface area (Å²) in [5, 5.41) is 9.21. The van der Waals surface area contributed by atoms with Crippen LogP contribution >= 0.6 is 23.1 Å². The fourth-order valence-electron chi connectivity index (χ4n) is 3.25. The van der Waals surface area contributed by atoms with Crippen molar-refractivity contribution in [3.63, 3.8) is 0 Å². The van der Waals surface area contributed by atoms with E-state index in [2.05, 4.69) is 23.2 Å². The number of hydrogen-bond acceptors (Lipinski definition) is 6. The summed E-state index contributed by atoms with van der Waals surface area (Å²) in [4.78, 5) is 14.5. The average molecular weight is 380 g/mol. The normalized spacial score (nSPS) is 18.0. The van der Waals surface area contributed by atoms with Crippen molar-refractivity contribution in [3.05, 3.63) is 16.5 Å². The molecule has 3 rings (SSSR count). The van der Waals surface area contributed by atoms with Gasteiger partial charge in [0.05, 0.1) is 12.0 Å². The number of aromatic nitrogens is 3. The van der Waals surface area contributed by atoms with Gasteiger partial charge < -0.3 is 9.30 Å². The van der Waals surface area contributed by atoms with Crippen LogP contribution in [0.5, 0.6) is 0 Å². The Labute approximate surface area is 157 Å². The van der Waals surface area contributed by atoms with Crippen LogP contribution in [0, 0.1) is 5.92 Å². The fraction of sp³-hybridized carbons (Fsp3) is 0.611. The van der Waals surface area contributed by atoms with E-state index in [0.717, 1.165) is 16.9 Å². The predicted molar refractivity (Wildman–Crippen MR) is 102 cm³/mol. The molecular weight excluding hydrogens is 354 g/mol. The SMILES string of the molecule is CCC1CCc2sc(-c3nnc(SC(CC)C(=O)OC)n3C)cc2C1. The molecule has 0 bridgehead atoms. The van der Waals surface area contributed by atoms with Gasteiger partial charge in [-0.3, -0.25) is 4.79 Å². The highest BCUT2D eigenvalue weighted by Crippen LogP contribution is 2.38. The third kappa shape index (κ3) is 3.77. The Hall–Kier alpha value is -1.34. The molecule has 0 N–H and O–H groups in total. The molecular formula is C18H25N3O2S2. The number of thiophene rings is 1. The molecule has 2 heterocycles. The Morgan fingerprint density at radius 2 is 2.28 bits per heavy atom. The molecule has 0 spiro atoms. The second-order valence-corrected chi connectivity index (χ2v) is 8.79. The largest absolute Gasteiger partial charge is 0.468 e. The van der Waals surface area contributed by atoms with Crippen molar-refractivity contribution in [2.75, 3.05) is 7.11 Å². The van der Waals surface area contributed by atoms with Crippen LogP contribution in [0.1, 0.15) is 43.6 Å².